The molecule has 1 amide bonds. The fourth-order valence-corrected chi connectivity index (χ4v) is 3.88. The Hall–Kier alpha value is -2.08. The molecule has 1 aromatic heterocycles. The van der Waals surface area contributed by atoms with E-state index in [4.69, 9.17) is 0 Å². The Balaban J connectivity index is 2.08. The van der Waals surface area contributed by atoms with Crippen molar-refractivity contribution >= 4 is 31.2 Å². The Morgan fingerprint density at radius 1 is 1.23 bits per heavy atom. The van der Waals surface area contributed by atoms with Gasteiger partial charge in [-0.05, 0) is 51.4 Å². The summed E-state index contributed by atoms with van der Waals surface area (Å²) < 4.78 is 15.8. The monoisotopic (exact) mass is 394 g/mol. The molecule has 2 aromatic rings. The molecular weight excluding hydrogens is 373 g/mol. The lowest BCUT2D eigenvalue weighted by atomic mass is 9.98. The van der Waals surface area contributed by atoms with E-state index in [0.717, 1.165) is 16.7 Å². The molecule has 0 spiro atoms. The highest BCUT2D eigenvalue weighted by Crippen LogP contribution is 2.25. The summed E-state index contributed by atoms with van der Waals surface area (Å²) >= 11 is 1.62. The molecule has 0 aliphatic rings. The van der Waals surface area contributed by atoms with Gasteiger partial charge in [0.25, 0.3) is 0 Å². The molecule has 1 unspecified atom stereocenters. The minimum atomic E-state index is -2.47. The highest BCUT2D eigenvalue weighted by molar-refractivity contribution is 7.38. The number of rotatable bonds is 8. The summed E-state index contributed by atoms with van der Waals surface area (Å²) in [7, 11) is -1.24. The first-order valence-electron chi connectivity index (χ1n) is 8.04. The Labute approximate surface area is 157 Å². The van der Waals surface area contributed by atoms with Gasteiger partial charge in [-0.25, -0.2) is 4.79 Å². The van der Waals surface area contributed by atoms with Crippen LogP contribution in [0.3, 0.4) is 0 Å². The van der Waals surface area contributed by atoms with Crippen LogP contribution in [0.1, 0.15) is 12.5 Å². The van der Waals surface area contributed by atoms with Gasteiger partial charge in [-0.15, -0.1) is 0 Å². The zero-order valence-corrected chi connectivity index (χ0v) is 16.3. The molecule has 0 aliphatic carbocycles. The second-order valence-corrected chi connectivity index (χ2v) is 7.75. The first kappa shape index (κ1) is 20.2. The van der Waals surface area contributed by atoms with Gasteiger partial charge in [0.1, 0.15) is 6.04 Å². The Bertz CT molecular complexity index is 760. The van der Waals surface area contributed by atoms with E-state index in [1.807, 2.05) is 35.7 Å². The van der Waals surface area contributed by atoms with Crippen LogP contribution in [0.2, 0.25) is 0 Å². The number of amides is 1. The SMILES string of the molecule is COC(=O)[C@H](C)NC(=O)[C@H](Cc1ccc(-c2ccsc2)cc1)C[P+](=O)O. The maximum atomic E-state index is 12.4. The first-order valence-corrected chi connectivity index (χ1v) is 10.4. The van der Waals surface area contributed by atoms with E-state index < -0.39 is 31.9 Å². The van der Waals surface area contributed by atoms with Gasteiger partial charge >= 0.3 is 14.0 Å². The summed E-state index contributed by atoms with van der Waals surface area (Å²) in [5.74, 6) is -1.71. The van der Waals surface area contributed by atoms with Crippen molar-refractivity contribution in [2.45, 2.75) is 19.4 Å². The zero-order chi connectivity index (χ0) is 19.1. The molecule has 2 N–H and O–H groups in total. The van der Waals surface area contributed by atoms with Crippen LogP contribution in [0.25, 0.3) is 11.1 Å². The van der Waals surface area contributed by atoms with Crippen LogP contribution in [0.15, 0.2) is 41.1 Å². The molecule has 1 aromatic carbocycles. The van der Waals surface area contributed by atoms with E-state index in [1.54, 1.807) is 11.3 Å². The summed E-state index contributed by atoms with van der Waals surface area (Å²) in [4.78, 5) is 33.1. The quantitative estimate of drug-likeness (QED) is 0.530. The minimum Gasteiger partial charge on any atom is -0.467 e. The van der Waals surface area contributed by atoms with Crippen molar-refractivity contribution in [1.82, 2.24) is 5.32 Å². The van der Waals surface area contributed by atoms with E-state index in [0.29, 0.717) is 6.42 Å². The molecule has 0 bridgehead atoms. The number of nitrogens with one attached hydrogen (secondary N) is 1. The molecule has 26 heavy (non-hydrogen) atoms. The van der Waals surface area contributed by atoms with Gasteiger partial charge in [0, 0.05) is 0 Å². The molecule has 0 aliphatic heterocycles. The summed E-state index contributed by atoms with van der Waals surface area (Å²) in [6.45, 7) is 1.51. The molecule has 0 saturated carbocycles. The standard InChI is InChI=1S/C18H20NO5PS/c1-12(18(21)24-2)19-17(20)16(10-25(22)23)9-13-3-5-14(6-4-13)15-7-8-26-11-15/h3-8,11-12,16H,9-10H2,1-2H3,(H-,19,20,22,23)/p+1/t12-,16+/m0/s1. The third-order valence-corrected chi connectivity index (χ3v) is 5.39. The van der Waals surface area contributed by atoms with Crippen LogP contribution in [0, 0.1) is 5.92 Å². The number of carbonyl (C=O) groups excluding carboxylic acids is 2. The smallest absolute Gasteiger partial charge is 0.467 e. The van der Waals surface area contributed by atoms with Crippen LogP contribution in [0.4, 0.5) is 0 Å². The van der Waals surface area contributed by atoms with Gasteiger partial charge in [0.05, 0.1) is 13.0 Å². The van der Waals surface area contributed by atoms with Crippen LogP contribution in [-0.2, 0) is 25.3 Å². The lowest BCUT2D eigenvalue weighted by Crippen LogP contribution is -2.43. The Morgan fingerprint density at radius 3 is 2.46 bits per heavy atom. The summed E-state index contributed by atoms with van der Waals surface area (Å²) in [5, 5.41) is 6.59. The van der Waals surface area contributed by atoms with Crippen molar-refractivity contribution < 1.29 is 23.8 Å². The predicted molar refractivity (Wildman–Crippen MR) is 101 cm³/mol. The van der Waals surface area contributed by atoms with Crippen LogP contribution < -0.4 is 5.32 Å². The number of benzene rings is 1. The fraction of sp³-hybridized carbons (Fsp3) is 0.333. The fourth-order valence-electron chi connectivity index (χ4n) is 2.54. The highest BCUT2D eigenvalue weighted by Gasteiger charge is 2.30. The zero-order valence-electron chi connectivity index (χ0n) is 14.5. The number of methoxy groups -OCH3 is 1. The average Bonchev–Trinajstić information content (AvgIpc) is 3.15. The summed E-state index contributed by atoms with van der Waals surface area (Å²) in [5.41, 5.74) is 3.08. The lowest BCUT2D eigenvalue weighted by molar-refractivity contribution is -0.144. The molecule has 0 saturated heterocycles. The molecule has 6 nitrogen and oxygen atoms in total. The maximum Gasteiger partial charge on any atom is 0.506 e. The molecule has 3 atom stereocenters. The number of hydrogen-bond acceptors (Lipinski definition) is 5. The van der Waals surface area contributed by atoms with Gasteiger partial charge in [0.2, 0.25) is 5.91 Å². The van der Waals surface area contributed by atoms with E-state index in [-0.39, 0.29) is 6.16 Å². The van der Waals surface area contributed by atoms with Crippen molar-refractivity contribution in [2.75, 3.05) is 13.3 Å². The van der Waals surface area contributed by atoms with Crippen molar-refractivity contribution in [3.63, 3.8) is 0 Å². The summed E-state index contributed by atoms with van der Waals surface area (Å²) in [6.07, 6.45) is 0.145. The van der Waals surface area contributed by atoms with Crippen LogP contribution in [0.5, 0.6) is 0 Å². The van der Waals surface area contributed by atoms with Crippen LogP contribution in [-0.4, -0.2) is 36.1 Å². The normalized spacial score (nSPS) is 13.6. The Morgan fingerprint density at radius 2 is 1.92 bits per heavy atom. The second kappa shape index (κ2) is 9.57. The third kappa shape index (κ3) is 5.73. The number of carbonyl (C=O) groups is 2. The Kier molecular flexibility index (Phi) is 7.45. The average molecular weight is 394 g/mol. The van der Waals surface area contributed by atoms with E-state index in [2.05, 4.69) is 15.4 Å². The van der Waals surface area contributed by atoms with Crippen LogP contribution >= 0.6 is 19.4 Å². The first-order chi connectivity index (χ1) is 12.4. The van der Waals surface area contributed by atoms with Crippen molar-refractivity contribution in [2.24, 2.45) is 5.92 Å². The lowest BCUT2D eigenvalue weighted by Gasteiger charge is -2.16. The topological polar surface area (TPSA) is 92.7 Å². The van der Waals surface area contributed by atoms with Gasteiger partial charge in [-0.1, -0.05) is 24.3 Å². The van der Waals surface area contributed by atoms with Gasteiger partial charge in [0.15, 0.2) is 6.16 Å². The minimum absolute atomic E-state index is 0.165. The molecule has 0 fully saturated rings. The molecule has 0 radical (unpaired) electrons. The van der Waals surface area contributed by atoms with Gasteiger partial charge in [-0.3, -0.25) is 4.79 Å². The van der Waals surface area contributed by atoms with Gasteiger partial charge in [-0.2, -0.15) is 16.2 Å². The van der Waals surface area contributed by atoms with E-state index in [9.17, 15) is 19.0 Å². The number of thiophene rings is 1. The molecular formula is C18H21NO5PS+. The largest absolute Gasteiger partial charge is 0.506 e. The predicted octanol–water partition coefficient (Wildman–Crippen LogP) is 2.99. The maximum absolute atomic E-state index is 12.4. The van der Waals surface area contributed by atoms with Crippen molar-refractivity contribution in [1.29, 1.82) is 0 Å². The van der Waals surface area contributed by atoms with Crippen molar-refractivity contribution in [3.05, 3.63) is 46.7 Å². The third-order valence-electron chi connectivity index (χ3n) is 3.95. The number of hydrogen-bond donors (Lipinski definition) is 2. The van der Waals surface area contributed by atoms with E-state index in [1.165, 1.54) is 14.0 Å². The van der Waals surface area contributed by atoms with Gasteiger partial charge < -0.3 is 10.1 Å². The number of esters is 1. The molecule has 138 valence electrons. The second-order valence-electron chi connectivity index (χ2n) is 5.90. The molecule has 8 heteroatoms. The number of ether oxygens (including phenoxy) is 1. The van der Waals surface area contributed by atoms with Crippen molar-refractivity contribution in [3.8, 4) is 11.1 Å². The highest BCUT2D eigenvalue weighted by atomic mass is 32.1. The summed E-state index contributed by atoms with van der Waals surface area (Å²) in [6, 6.07) is 8.95. The molecule has 1 heterocycles. The van der Waals surface area contributed by atoms with E-state index >= 15 is 0 Å². The molecule has 2 rings (SSSR count).